The lowest BCUT2D eigenvalue weighted by atomic mass is 10.0. The molecule has 0 saturated heterocycles. The van der Waals surface area contributed by atoms with Gasteiger partial charge in [-0.15, -0.1) is 0 Å². The molecule has 1 N–H and O–H groups in total. The van der Waals surface area contributed by atoms with Gasteiger partial charge in [0, 0.05) is 11.3 Å². The van der Waals surface area contributed by atoms with Crippen molar-refractivity contribution in [3.63, 3.8) is 0 Å². The average molecular weight is 257 g/mol. The SMILES string of the molecule is Cc1cc(C)c(NC(C)c2ccccc2F)c(C)c1. The van der Waals surface area contributed by atoms with E-state index < -0.39 is 0 Å². The van der Waals surface area contributed by atoms with Gasteiger partial charge in [0.1, 0.15) is 5.82 Å². The second kappa shape index (κ2) is 5.43. The van der Waals surface area contributed by atoms with Crippen molar-refractivity contribution in [1.82, 2.24) is 0 Å². The third-order valence-electron chi connectivity index (χ3n) is 3.41. The first kappa shape index (κ1) is 13.6. The number of hydrogen-bond donors (Lipinski definition) is 1. The molecule has 0 heterocycles. The fraction of sp³-hybridized carbons (Fsp3) is 0.294. The largest absolute Gasteiger partial charge is 0.378 e. The van der Waals surface area contributed by atoms with Crippen molar-refractivity contribution in [2.75, 3.05) is 5.32 Å². The van der Waals surface area contributed by atoms with Gasteiger partial charge in [-0.3, -0.25) is 0 Å². The van der Waals surface area contributed by atoms with E-state index in [0.717, 1.165) is 5.69 Å². The molecule has 0 saturated carbocycles. The molecule has 100 valence electrons. The van der Waals surface area contributed by atoms with Crippen LogP contribution in [0.25, 0.3) is 0 Å². The Labute approximate surface area is 114 Å². The van der Waals surface area contributed by atoms with E-state index in [-0.39, 0.29) is 11.9 Å². The Morgan fingerprint density at radius 1 is 1.00 bits per heavy atom. The molecule has 2 aromatic carbocycles. The van der Waals surface area contributed by atoms with Crippen LogP contribution in [0.4, 0.5) is 10.1 Å². The molecule has 19 heavy (non-hydrogen) atoms. The number of halogens is 1. The molecule has 0 aliphatic heterocycles. The number of anilines is 1. The Hall–Kier alpha value is -1.83. The Bertz CT molecular complexity index is 567. The molecule has 0 aliphatic rings. The van der Waals surface area contributed by atoms with Crippen LogP contribution in [-0.4, -0.2) is 0 Å². The van der Waals surface area contributed by atoms with Gasteiger partial charge < -0.3 is 5.32 Å². The Morgan fingerprint density at radius 3 is 2.16 bits per heavy atom. The van der Waals surface area contributed by atoms with Crippen molar-refractivity contribution in [2.45, 2.75) is 33.7 Å². The molecule has 0 amide bonds. The van der Waals surface area contributed by atoms with Gasteiger partial charge in [0.15, 0.2) is 0 Å². The smallest absolute Gasteiger partial charge is 0.128 e. The van der Waals surface area contributed by atoms with Gasteiger partial charge in [-0.05, 0) is 44.9 Å². The predicted octanol–water partition coefficient (Wildman–Crippen LogP) is 4.92. The fourth-order valence-corrected chi connectivity index (χ4v) is 2.53. The van der Waals surface area contributed by atoms with E-state index in [1.54, 1.807) is 6.07 Å². The van der Waals surface area contributed by atoms with Crippen LogP contribution in [0.3, 0.4) is 0 Å². The van der Waals surface area contributed by atoms with Crippen molar-refractivity contribution in [1.29, 1.82) is 0 Å². The van der Waals surface area contributed by atoms with Crippen LogP contribution in [0.2, 0.25) is 0 Å². The highest BCUT2D eigenvalue weighted by molar-refractivity contribution is 5.59. The van der Waals surface area contributed by atoms with E-state index >= 15 is 0 Å². The van der Waals surface area contributed by atoms with Gasteiger partial charge >= 0.3 is 0 Å². The minimum absolute atomic E-state index is 0.0543. The summed E-state index contributed by atoms with van der Waals surface area (Å²) in [5.74, 6) is -0.162. The lowest BCUT2D eigenvalue weighted by Crippen LogP contribution is -2.10. The monoisotopic (exact) mass is 257 g/mol. The second-order valence-electron chi connectivity index (χ2n) is 5.16. The standard InChI is InChI=1S/C17H20FN/c1-11-9-12(2)17(13(3)10-11)19-14(4)15-7-5-6-8-16(15)18/h5-10,14,19H,1-4H3. The highest BCUT2D eigenvalue weighted by Gasteiger charge is 2.12. The zero-order valence-corrected chi connectivity index (χ0v) is 11.9. The zero-order chi connectivity index (χ0) is 14.0. The summed E-state index contributed by atoms with van der Waals surface area (Å²) < 4.78 is 13.8. The summed E-state index contributed by atoms with van der Waals surface area (Å²) in [4.78, 5) is 0. The number of benzene rings is 2. The van der Waals surface area contributed by atoms with Gasteiger partial charge in [0.25, 0.3) is 0 Å². The van der Waals surface area contributed by atoms with Crippen LogP contribution in [-0.2, 0) is 0 Å². The third kappa shape index (κ3) is 2.95. The van der Waals surface area contributed by atoms with Crippen LogP contribution in [0.1, 0.15) is 35.2 Å². The molecule has 0 spiro atoms. The molecular weight excluding hydrogens is 237 g/mol. The quantitative estimate of drug-likeness (QED) is 0.822. The molecule has 1 unspecified atom stereocenters. The summed E-state index contributed by atoms with van der Waals surface area (Å²) in [6, 6.07) is 11.1. The van der Waals surface area contributed by atoms with Crippen LogP contribution in [0.15, 0.2) is 36.4 Å². The Morgan fingerprint density at radius 2 is 1.58 bits per heavy atom. The summed E-state index contributed by atoms with van der Waals surface area (Å²) >= 11 is 0. The van der Waals surface area contributed by atoms with Crippen molar-refractivity contribution in [3.05, 3.63) is 64.5 Å². The number of aryl methyl sites for hydroxylation is 3. The van der Waals surface area contributed by atoms with Crippen LogP contribution < -0.4 is 5.32 Å². The lowest BCUT2D eigenvalue weighted by Gasteiger charge is -2.20. The molecule has 2 heteroatoms. The Balaban J connectivity index is 2.29. The van der Waals surface area contributed by atoms with E-state index in [0.29, 0.717) is 5.56 Å². The molecule has 0 radical (unpaired) electrons. The van der Waals surface area contributed by atoms with Crippen LogP contribution >= 0.6 is 0 Å². The Kier molecular flexibility index (Phi) is 3.89. The van der Waals surface area contributed by atoms with E-state index in [9.17, 15) is 4.39 Å². The third-order valence-corrected chi connectivity index (χ3v) is 3.41. The number of rotatable bonds is 3. The first-order chi connectivity index (χ1) is 8.99. The molecule has 2 aromatic rings. The molecule has 0 aromatic heterocycles. The summed E-state index contributed by atoms with van der Waals surface area (Å²) in [5, 5.41) is 3.42. The average Bonchev–Trinajstić information content (AvgIpc) is 2.34. The van der Waals surface area contributed by atoms with Gasteiger partial charge in [0.05, 0.1) is 6.04 Å². The predicted molar refractivity (Wildman–Crippen MR) is 79.1 cm³/mol. The van der Waals surface area contributed by atoms with Crippen molar-refractivity contribution in [2.24, 2.45) is 0 Å². The summed E-state index contributed by atoms with van der Waals surface area (Å²) in [7, 11) is 0. The first-order valence-corrected chi connectivity index (χ1v) is 6.58. The fourth-order valence-electron chi connectivity index (χ4n) is 2.53. The van der Waals surface area contributed by atoms with Crippen LogP contribution in [0, 0.1) is 26.6 Å². The summed E-state index contributed by atoms with van der Waals surface area (Å²) in [6.07, 6.45) is 0. The maximum Gasteiger partial charge on any atom is 0.128 e. The van der Waals surface area contributed by atoms with E-state index in [1.165, 1.54) is 22.8 Å². The van der Waals surface area contributed by atoms with Crippen molar-refractivity contribution >= 4 is 5.69 Å². The maximum atomic E-state index is 13.8. The normalized spacial score (nSPS) is 12.3. The highest BCUT2D eigenvalue weighted by Crippen LogP contribution is 2.27. The molecule has 2 rings (SSSR count). The lowest BCUT2D eigenvalue weighted by molar-refractivity contribution is 0.600. The maximum absolute atomic E-state index is 13.8. The molecule has 1 atom stereocenters. The van der Waals surface area contributed by atoms with Gasteiger partial charge in [-0.1, -0.05) is 35.9 Å². The van der Waals surface area contributed by atoms with E-state index in [4.69, 9.17) is 0 Å². The molecule has 0 bridgehead atoms. The zero-order valence-electron chi connectivity index (χ0n) is 11.9. The minimum Gasteiger partial charge on any atom is -0.378 e. The van der Waals surface area contributed by atoms with Gasteiger partial charge in [-0.25, -0.2) is 4.39 Å². The highest BCUT2D eigenvalue weighted by atomic mass is 19.1. The second-order valence-corrected chi connectivity index (χ2v) is 5.16. The van der Waals surface area contributed by atoms with Gasteiger partial charge in [0.2, 0.25) is 0 Å². The molecule has 0 fully saturated rings. The van der Waals surface area contributed by atoms with Gasteiger partial charge in [-0.2, -0.15) is 0 Å². The van der Waals surface area contributed by atoms with Crippen molar-refractivity contribution < 1.29 is 4.39 Å². The summed E-state index contributed by atoms with van der Waals surface area (Å²) in [5.41, 5.74) is 5.43. The van der Waals surface area contributed by atoms with E-state index in [1.807, 2.05) is 19.1 Å². The molecular formula is C17H20FN. The minimum atomic E-state index is -0.162. The van der Waals surface area contributed by atoms with Crippen LogP contribution in [0.5, 0.6) is 0 Å². The van der Waals surface area contributed by atoms with Crippen molar-refractivity contribution in [3.8, 4) is 0 Å². The molecule has 0 aliphatic carbocycles. The topological polar surface area (TPSA) is 12.0 Å². The molecule has 1 nitrogen and oxygen atoms in total. The first-order valence-electron chi connectivity index (χ1n) is 6.58. The summed E-state index contributed by atoms with van der Waals surface area (Å²) in [6.45, 7) is 8.23. The number of hydrogen-bond acceptors (Lipinski definition) is 1. The number of nitrogens with one attached hydrogen (secondary N) is 1. The van der Waals surface area contributed by atoms with E-state index in [2.05, 4.69) is 38.2 Å².